The molecule has 1 aromatic heterocycles. The van der Waals surface area contributed by atoms with E-state index in [-0.39, 0.29) is 12.3 Å². The predicted molar refractivity (Wildman–Crippen MR) is 90.3 cm³/mol. The molecule has 128 valence electrons. The van der Waals surface area contributed by atoms with Gasteiger partial charge >= 0.3 is 5.97 Å². The van der Waals surface area contributed by atoms with Crippen LogP contribution >= 0.6 is 11.6 Å². The van der Waals surface area contributed by atoms with Crippen LogP contribution in [0.15, 0.2) is 30.9 Å². The lowest BCUT2D eigenvalue weighted by molar-refractivity contribution is -0.151. The zero-order chi connectivity index (χ0) is 17.7. The van der Waals surface area contributed by atoms with Crippen molar-refractivity contribution < 1.29 is 14.7 Å². The Kier molecular flexibility index (Phi) is 5.56. The van der Waals surface area contributed by atoms with Gasteiger partial charge in [-0.15, -0.1) is 0 Å². The second-order valence-electron chi connectivity index (χ2n) is 5.52. The molecular formula is C16H19ClN4O3. The first-order valence-electron chi connectivity index (χ1n) is 7.59. The molecule has 0 aliphatic rings. The molecule has 2 rings (SSSR count). The van der Waals surface area contributed by atoms with Gasteiger partial charge in [0, 0.05) is 11.4 Å². The van der Waals surface area contributed by atoms with E-state index in [1.54, 1.807) is 32.0 Å². The summed E-state index contributed by atoms with van der Waals surface area (Å²) in [6, 6.07) is 4.97. The van der Waals surface area contributed by atoms with Crippen molar-refractivity contribution in [3.63, 3.8) is 0 Å². The molecule has 1 amide bonds. The van der Waals surface area contributed by atoms with Gasteiger partial charge in [0.05, 0.1) is 16.8 Å². The van der Waals surface area contributed by atoms with Crippen LogP contribution in [-0.2, 0) is 9.59 Å². The Morgan fingerprint density at radius 1 is 1.33 bits per heavy atom. The summed E-state index contributed by atoms with van der Waals surface area (Å²) in [5, 5.41) is 16.7. The van der Waals surface area contributed by atoms with E-state index in [0.717, 1.165) is 0 Å². The van der Waals surface area contributed by atoms with Crippen LogP contribution in [0.3, 0.4) is 0 Å². The van der Waals surface area contributed by atoms with Crippen LogP contribution in [0.2, 0.25) is 5.02 Å². The number of amides is 1. The summed E-state index contributed by atoms with van der Waals surface area (Å²) < 4.78 is 1.50. The molecule has 0 saturated heterocycles. The zero-order valence-electron chi connectivity index (χ0n) is 13.5. The number of carboxylic acids is 1. The van der Waals surface area contributed by atoms with Gasteiger partial charge in [-0.3, -0.25) is 9.59 Å². The summed E-state index contributed by atoms with van der Waals surface area (Å²) in [7, 11) is 0. The van der Waals surface area contributed by atoms with Gasteiger partial charge < -0.3 is 10.4 Å². The van der Waals surface area contributed by atoms with Crippen LogP contribution in [0.25, 0.3) is 5.69 Å². The maximum atomic E-state index is 12.4. The fourth-order valence-corrected chi connectivity index (χ4v) is 2.69. The van der Waals surface area contributed by atoms with E-state index >= 15 is 0 Å². The van der Waals surface area contributed by atoms with Crippen LogP contribution in [0.1, 0.15) is 33.1 Å². The Hall–Kier alpha value is -2.41. The van der Waals surface area contributed by atoms with Crippen LogP contribution in [0.5, 0.6) is 0 Å². The van der Waals surface area contributed by atoms with E-state index in [1.165, 1.54) is 17.3 Å². The fourth-order valence-electron chi connectivity index (χ4n) is 2.52. The van der Waals surface area contributed by atoms with Crippen molar-refractivity contribution in [3.8, 4) is 5.69 Å². The van der Waals surface area contributed by atoms with Gasteiger partial charge in [-0.25, -0.2) is 9.67 Å². The molecule has 0 unspecified atom stereocenters. The third kappa shape index (κ3) is 3.73. The van der Waals surface area contributed by atoms with Crippen molar-refractivity contribution in [2.75, 3.05) is 5.32 Å². The Morgan fingerprint density at radius 3 is 2.58 bits per heavy atom. The highest BCUT2D eigenvalue weighted by Crippen LogP contribution is 2.32. The molecule has 2 N–H and O–H groups in total. The van der Waals surface area contributed by atoms with E-state index in [1.807, 2.05) is 0 Å². The Bertz CT molecular complexity index is 727. The lowest BCUT2D eigenvalue weighted by Crippen LogP contribution is -2.34. The third-order valence-corrected chi connectivity index (χ3v) is 4.44. The average molecular weight is 351 g/mol. The van der Waals surface area contributed by atoms with E-state index in [4.69, 9.17) is 11.6 Å². The Balaban J connectivity index is 2.26. The third-order valence-electron chi connectivity index (χ3n) is 4.20. The summed E-state index contributed by atoms with van der Waals surface area (Å²) >= 11 is 6.01. The van der Waals surface area contributed by atoms with E-state index in [0.29, 0.717) is 29.2 Å². The zero-order valence-corrected chi connectivity index (χ0v) is 14.2. The summed E-state index contributed by atoms with van der Waals surface area (Å²) in [6.07, 6.45) is 3.51. The number of rotatable bonds is 7. The van der Waals surface area contributed by atoms with Crippen LogP contribution in [0.4, 0.5) is 5.69 Å². The van der Waals surface area contributed by atoms with Gasteiger partial charge in [-0.1, -0.05) is 25.4 Å². The number of anilines is 1. The first-order chi connectivity index (χ1) is 11.4. The summed E-state index contributed by atoms with van der Waals surface area (Å²) in [5.41, 5.74) is -0.0283. The number of carboxylic acid groups (broad SMARTS) is 1. The lowest BCUT2D eigenvalue weighted by atomic mass is 9.79. The van der Waals surface area contributed by atoms with Crippen LogP contribution in [-0.4, -0.2) is 31.7 Å². The number of halogens is 1. The number of hydrogen-bond donors (Lipinski definition) is 2. The van der Waals surface area contributed by atoms with Gasteiger partial charge in [-0.05, 0) is 31.0 Å². The van der Waals surface area contributed by atoms with Gasteiger partial charge in [0.1, 0.15) is 12.7 Å². The smallest absolute Gasteiger partial charge is 0.310 e. The molecule has 24 heavy (non-hydrogen) atoms. The number of carbonyl (C=O) groups excluding carboxylic acids is 1. The normalized spacial score (nSPS) is 11.3. The van der Waals surface area contributed by atoms with Crippen molar-refractivity contribution in [1.82, 2.24) is 14.8 Å². The van der Waals surface area contributed by atoms with E-state index in [2.05, 4.69) is 15.4 Å². The number of aliphatic carboxylic acids is 1. The number of nitrogens with zero attached hydrogens (tertiary/aromatic N) is 3. The second-order valence-corrected chi connectivity index (χ2v) is 5.96. The van der Waals surface area contributed by atoms with Gasteiger partial charge in [0.15, 0.2) is 0 Å². The number of carbonyl (C=O) groups is 2. The predicted octanol–water partition coefficient (Wildman–Crippen LogP) is 3.14. The van der Waals surface area contributed by atoms with Crippen molar-refractivity contribution in [3.05, 3.63) is 35.9 Å². The Labute approximate surface area is 144 Å². The molecule has 2 aromatic rings. The van der Waals surface area contributed by atoms with Crippen molar-refractivity contribution in [1.29, 1.82) is 0 Å². The number of nitrogens with one attached hydrogen (secondary N) is 1. The highest BCUT2D eigenvalue weighted by Gasteiger charge is 2.37. The van der Waals surface area contributed by atoms with Crippen molar-refractivity contribution >= 4 is 29.2 Å². The molecule has 0 fully saturated rings. The second kappa shape index (κ2) is 7.44. The van der Waals surface area contributed by atoms with Crippen LogP contribution in [0, 0.1) is 5.41 Å². The Morgan fingerprint density at radius 2 is 2.04 bits per heavy atom. The fraction of sp³-hybridized carbons (Fsp3) is 0.375. The topological polar surface area (TPSA) is 97.1 Å². The molecule has 1 aromatic carbocycles. The van der Waals surface area contributed by atoms with E-state index < -0.39 is 11.4 Å². The first kappa shape index (κ1) is 17.9. The largest absolute Gasteiger partial charge is 0.481 e. The highest BCUT2D eigenvalue weighted by atomic mass is 35.5. The minimum absolute atomic E-state index is 0.112. The summed E-state index contributed by atoms with van der Waals surface area (Å²) in [6.45, 7) is 3.54. The highest BCUT2D eigenvalue weighted by molar-refractivity contribution is 6.31. The van der Waals surface area contributed by atoms with Gasteiger partial charge in [0.25, 0.3) is 0 Å². The lowest BCUT2D eigenvalue weighted by Gasteiger charge is -2.26. The first-order valence-corrected chi connectivity index (χ1v) is 7.97. The number of aromatic nitrogens is 3. The molecule has 7 nitrogen and oxygen atoms in total. The average Bonchev–Trinajstić information content (AvgIpc) is 3.06. The maximum Gasteiger partial charge on any atom is 0.310 e. The number of hydrogen-bond acceptors (Lipinski definition) is 4. The molecule has 0 atom stereocenters. The monoisotopic (exact) mass is 350 g/mol. The minimum Gasteiger partial charge on any atom is -0.481 e. The molecule has 0 aliphatic heterocycles. The molecule has 0 spiro atoms. The SMILES string of the molecule is CCC(CC)(CC(=O)Nc1cc(Cl)ccc1-n1cncn1)C(=O)O. The molecule has 0 radical (unpaired) electrons. The maximum absolute atomic E-state index is 12.4. The van der Waals surface area contributed by atoms with Crippen molar-refractivity contribution in [2.24, 2.45) is 5.41 Å². The standard InChI is InChI=1S/C16H19ClN4O3/c1-3-16(4-2,15(23)24)8-14(22)20-12-7-11(17)5-6-13(12)21-10-18-9-19-21/h5-7,9-10H,3-4,8H2,1-2H3,(H,20,22)(H,23,24). The van der Waals surface area contributed by atoms with E-state index in [9.17, 15) is 14.7 Å². The number of benzene rings is 1. The van der Waals surface area contributed by atoms with Gasteiger partial charge in [0.2, 0.25) is 5.91 Å². The summed E-state index contributed by atoms with van der Waals surface area (Å²) in [4.78, 5) is 27.9. The van der Waals surface area contributed by atoms with Gasteiger partial charge in [-0.2, -0.15) is 5.10 Å². The van der Waals surface area contributed by atoms with Crippen LogP contribution < -0.4 is 5.32 Å². The quantitative estimate of drug-likeness (QED) is 0.799. The molecule has 8 heteroatoms. The molecule has 0 bridgehead atoms. The van der Waals surface area contributed by atoms with Crippen molar-refractivity contribution in [2.45, 2.75) is 33.1 Å². The molecule has 1 heterocycles. The molecule has 0 saturated carbocycles. The summed E-state index contributed by atoms with van der Waals surface area (Å²) in [5.74, 6) is -1.35. The molecular weight excluding hydrogens is 332 g/mol. The minimum atomic E-state index is -1.07. The molecule has 0 aliphatic carbocycles.